The van der Waals surface area contributed by atoms with E-state index in [1.807, 2.05) is 20.2 Å². The molecule has 2 aromatic rings. The Labute approximate surface area is 157 Å². The molecule has 0 N–H and O–H groups in total. The van der Waals surface area contributed by atoms with Crippen molar-refractivity contribution in [3.05, 3.63) is 58.9 Å². The molecule has 1 heterocycles. The van der Waals surface area contributed by atoms with E-state index in [1.54, 1.807) is 0 Å². The second kappa shape index (κ2) is 8.48. The smallest absolute Gasteiger partial charge is 0.165 e. The van der Waals surface area contributed by atoms with Crippen molar-refractivity contribution in [1.29, 1.82) is 0 Å². The van der Waals surface area contributed by atoms with Gasteiger partial charge in [-0.25, -0.2) is 0 Å². The zero-order valence-electron chi connectivity index (χ0n) is 16.3. The van der Waals surface area contributed by atoms with Gasteiger partial charge in [0.2, 0.25) is 0 Å². The third kappa shape index (κ3) is 4.32. The monoisotopic (exact) mass is 350 g/mol. The highest BCUT2D eigenvalue weighted by Crippen LogP contribution is 2.32. The Morgan fingerprint density at radius 3 is 2.46 bits per heavy atom. The Morgan fingerprint density at radius 2 is 1.77 bits per heavy atom. The SMILES string of the molecule is CCCCCCc1ccc2c(n1)CC(c1ccc(N(C)C)cc1)CC2=O. The average molecular weight is 351 g/mol. The van der Waals surface area contributed by atoms with Crippen LogP contribution in [0.4, 0.5) is 5.69 Å². The molecule has 3 nitrogen and oxygen atoms in total. The van der Waals surface area contributed by atoms with Gasteiger partial charge in [-0.05, 0) is 55.0 Å². The van der Waals surface area contributed by atoms with Crippen LogP contribution in [-0.4, -0.2) is 24.9 Å². The van der Waals surface area contributed by atoms with Gasteiger partial charge in [0.1, 0.15) is 0 Å². The van der Waals surface area contributed by atoms with Crippen LogP contribution in [0.3, 0.4) is 0 Å². The highest BCUT2D eigenvalue weighted by atomic mass is 16.1. The molecule has 0 saturated carbocycles. The number of aromatic nitrogens is 1. The Kier molecular flexibility index (Phi) is 6.08. The molecule has 1 unspecified atom stereocenters. The number of hydrogen-bond acceptors (Lipinski definition) is 3. The first-order valence-electron chi connectivity index (χ1n) is 9.87. The molecular formula is C23H30N2O. The van der Waals surface area contributed by atoms with Crippen LogP contribution < -0.4 is 4.90 Å². The maximum Gasteiger partial charge on any atom is 0.165 e. The third-order valence-corrected chi connectivity index (χ3v) is 5.37. The summed E-state index contributed by atoms with van der Waals surface area (Å²) in [6.45, 7) is 2.23. The van der Waals surface area contributed by atoms with Crippen LogP contribution in [0.15, 0.2) is 36.4 Å². The lowest BCUT2D eigenvalue weighted by Crippen LogP contribution is -2.20. The summed E-state index contributed by atoms with van der Waals surface area (Å²) >= 11 is 0. The number of unbranched alkanes of at least 4 members (excludes halogenated alkanes) is 3. The van der Waals surface area contributed by atoms with E-state index in [4.69, 9.17) is 4.98 Å². The molecule has 1 aromatic heterocycles. The van der Waals surface area contributed by atoms with Gasteiger partial charge in [0, 0.05) is 37.5 Å². The van der Waals surface area contributed by atoms with Crippen LogP contribution >= 0.6 is 0 Å². The summed E-state index contributed by atoms with van der Waals surface area (Å²) in [5, 5.41) is 0. The van der Waals surface area contributed by atoms with Gasteiger partial charge in [-0.1, -0.05) is 38.3 Å². The van der Waals surface area contributed by atoms with Gasteiger partial charge in [-0.3, -0.25) is 9.78 Å². The molecule has 3 rings (SSSR count). The van der Waals surface area contributed by atoms with Gasteiger partial charge in [-0.15, -0.1) is 0 Å². The van der Waals surface area contributed by atoms with Crippen molar-refractivity contribution in [3.8, 4) is 0 Å². The number of ketones is 1. The molecular weight excluding hydrogens is 320 g/mol. The molecule has 0 fully saturated rings. The molecule has 0 aliphatic heterocycles. The first kappa shape index (κ1) is 18.6. The van der Waals surface area contributed by atoms with Crippen molar-refractivity contribution in [1.82, 2.24) is 4.98 Å². The number of Topliss-reactive ketones (excluding diaryl/α,β-unsaturated/α-hetero) is 1. The zero-order chi connectivity index (χ0) is 18.5. The highest BCUT2D eigenvalue weighted by molar-refractivity contribution is 5.98. The maximum absolute atomic E-state index is 12.6. The number of anilines is 1. The van der Waals surface area contributed by atoms with Crippen LogP contribution in [0.5, 0.6) is 0 Å². The zero-order valence-corrected chi connectivity index (χ0v) is 16.3. The van der Waals surface area contributed by atoms with Crippen molar-refractivity contribution in [2.24, 2.45) is 0 Å². The minimum atomic E-state index is 0.234. The Balaban J connectivity index is 1.74. The van der Waals surface area contributed by atoms with Crippen molar-refractivity contribution in [2.75, 3.05) is 19.0 Å². The van der Waals surface area contributed by atoms with E-state index >= 15 is 0 Å². The van der Waals surface area contributed by atoms with Crippen LogP contribution in [0.1, 0.15) is 72.3 Å². The quantitative estimate of drug-likeness (QED) is 0.645. The first-order chi connectivity index (χ1) is 12.6. The standard InChI is InChI=1S/C23H30N2O/c1-4-5-6-7-8-19-11-14-21-22(24-19)15-18(16-23(21)26)17-9-12-20(13-10-17)25(2)3/h9-14,18H,4-8,15-16H2,1-3H3. The van der Waals surface area contributed by atoms with Crippen LogP contribution in [-0.2, 0) is 12.8 Å². The Bertz CT molecular complexity index is 749. The number of rotatable bonds is 7. The number of carbonyl (C=O) groups is 1. The van der Waals surface area contributed by atoms with Gasteiger partial charge < -0.3 is 4.90 Å². The van der Waals surface area contributed by atoms with Crippen molar-refractivity contribution in [2.45, 2.75) is 57.8 Å². The Hall–Kier alpha value is -2.16. The molecule has 1 aliphatic carbocycles. The van der Waals surface area contributed by atoms with Gasteiger partial charge in [0.05, 0.1) is 5.69 Å². The minimum absolute atomic E-state index is 0.234. The highest BCUT2D eigenvalue weighted by Gasteiger charge is 2.27. The van der Waals surface area contributed by atoms with Gasteiger partial charge in [0.25, 0.3) is 0 Å². The molecule has 26 heavy (non-hydrogen) atoms. The summed E-state index contributed by atoms with van der Waals surface area (Å²) < 4.78 is 0. The second-order valence-corrected chi connectivity index (χ2v) is 7.62. The molecule has 1 aliphatic rings. The molecule has 0 spiro atoms. The van der Waals surface area contributed by atoms with Crippen molar-refractivity contribution < 1.29 is 4.79 Å². The summed E-state index contributed by atoms with van der Waals surface area (Å²) in [5.74, 6) is 0.479. The van der Waals surface area contributed by atoms with Crippen LogP contribution in [0, 0.1) is 0 Å². The lowest BCUT2D eigenvalue weighted by molar-refractivity contribution is 0.0963. The van der Waals surface area contributed by atoms with Gasteiger partial charge in [-0.2, -0.15) is 0 Å². The molecule has 138 valence electrons. The van der Waals surface area contributed by atoms with E-state index in [9.17, 15) is 4.79 Å². The summed E-state index contributed by atoms with van der Waals surface area (Å²) in [5.41, 5.74) is 5.39. The van der Waals surface area contributed by atoms with Crippen LogP contribution in [0.2, 0.25) is 0 Å². The fourth-order valence-corrected chi connectivity index (χ4v) is 3.75. The minimum Gasteiger partial charge on any atom is -0.378 e. The topological polar surface area (TPSA) is 33.2 Å². The number of carbonyl (C=O) groups excluding carboxylic acids is 1. The summed E-state index contributed by atoms with van der Waals surface area (Å²) in [4.78, 5) is 19.6. The predicted octanol–water partition coefficient (Wildman–Crippen LogP) is 5.18. The number of aryl methyl sites for hydroxylation is 1. The normalized spacial score (nSPS) is 16.4. The van der Waals surface area contributed by atoms with E-state index in [2.05, 4.69) is 42.2 Å². The molecule has 1 atom stereocenters. The lowest BCUT2D eigenvalue weighted by atomic mass is 9.81. The van der Waals surface area contributed by atoms with E-state index in [0.717, 1.165) is 29.8 Å². The second-order valence-electron chi connectivity index (χ2n) is 7.62. The van der Waals surface area contributed by atoms with E-state index < -0.39 is 0 Å². The molecule has 3 heteroatoms. The first-order valence-corrected chi connectivity index (χ1v) is 9.87. The maximum atomic E-state index is 12.6. The number of hydrogen-bond donors (Lipinski definition) is 0. The van der Waals surface area contributed by atoms with Crippen LogP contribution in [0.25, 0.3) is 0 Å². The largest absolute Gasteiger partial charge is 0.378 e. The number of benzene rings is 1. The van der Waals surface area contributed by atoms with Gasteiger partial charge >= 0.3 is 0 Å². The molecule has 1 aromatic carbocycles. The summed E-state index contributed by atoms with van der Waals surface area (Å²) in [6.07, 6.45) is 7.45. The van der Waals surface area contributed by atoms with Crippen molar-refractivity contribution in [3.63, 3.8) is 0 Å². The van der Waals surface area contributed by atoms with E-state index in [-0.39, 0.29) is 11.7 Å². The molecule has 0 amide bonds. The average Bonchev–Trinajstić information content (AvgIpc) is 2.65. The van der Waals surface area contributed by atoms with E-state index in [0.29, 0.717) is 6.42 Å². The van der Waals surface area contributed by atoms with E-state index in [1.165, 1.54) is 36.9 Å². The fourth-order valence-electron chi connectivity index (χ4n) is 3.75. The number of nitrogens with zero attached hydrogens (tertiary/aromatic N) is 2. The van der Waals surface area contributed by atoms with Crippen molar-refractivity contribution >= 4 is 11.5 Å². The molecule has 0 saturated heterocycles. The Morgan fingerprint density at radius 1 is 1.00 bits per heavy atom. The third-order valence-electron chi connectivity index (χ3n) is 5.37. The van der Waals surface area contributed by atoms with Gasteiger partial charge in [0.15, 0.2) is 5.78 Å². The lowest BCUT2D eigenvalue weighted by Gasteiger charge is -2.24. The fraction of sp³-hybridized carbons (Fsp3) is 0.478. The summed E-state index contributed by atoms with van der Waals surface area (Å²) in [6, 6.07) is 12.6. The number of pyridine rings is 1. The molecule has 0 radical (unpaired) electrons. The predicted molar refractivity (Wildman–Crippen MR) is 108 cm³/mol. The number of fused-ring (bicyclic) bond motifs is 1. The summed E-state index contributed by atoms with van der Waals surface area (Å²) in [7, 11) is 4.09. The molecule has 0 bridgehead atoms.